The van der Waals surface area contributed by atoms with Crippen molar-refractivity contribution in [1.29, 1.82) is 0 Å². The highest BCUT2D eigenvalue weighted by molar-refractivity contribution is 7.99. The molecular formula is C19H20ClN5O2S. The van der Waals surface area contributed by atoms with Crippen molar-refractivity contribution in [3.8, 4) is 11.4 Å². The third-order valence-electron chi connectivity index (χ3n) is 3.87. The maximum absolute atomic E-state index is 12.3. The highest BCUT2D eigenvalue weighted by Gasteiger charge is 2.16. The molecule has 0 bridgehead atoms. The maximum atomic E-state index is 12.3. The van der Waals surface area contributed by atoms with E-state index in [4.69, 9.17) is 16.3 Å². The van der Waals surface area contributed by atoms with Crippen LogP contribution in [0.15, 0.2) is 53.9 Å². The number of hydrogen-bond donors (Lipinski definition) is 1. The standard InChI is InChI=1S/C19H20ClN5O2S/c1-27-12-4-11-25-18(14-7-9-21-10-8-14)23-24-19(25)28-13-17(26)22-16-6-3-2-5-15(16)20/h2-3,5-10H,4,11-13H2,1H3,(H,22,26). The molecule has 7 nitrogen and oxygen atoms in total. The second-order valence-corrected chi connectivity index (χ2v) is 7.21. The third kappa shape index (κ3) is 5.31. The smallest absolute Gasteiger partial charge is 0.234 e. The number of aromatic nitrogens is 4. The van der Waals surface area contributed by atoms with Crippen molar-refractivity contribution in [2.45, 2.75) is 18.1 Å². The number of carbonyl (C=O) groups excluding carboxylic acids is 1. The molecule has 0 aliphatic rings. The Morgan fingerprint density at radius 1 is 1.21 bits per heavy atom. The lowest BCUT2D eigenvalue weighted by Gasteiger charge is -2.10. The number of nitrogens with one attached hydrogen (secondary N) is 1. The van der Waals surface area contributed by atoms with Crippen LogP contribution in [0.4, 0.5) is 5.69 Å². The van der Waals surface area contributed by atoms with Gasteiger partial charge in [0.05, 0.1) is 16.5 Å². The number of thioether (sulfide) groups is 1. The molecule has 3 rings (SSSR count). The van der Waals surface area contributed by atoms with E-state index in [1.165, 1.54) is 11.8 Å². The van der Waals surface area contributed by atoms with E-state index in [0.29, 0.717) is 29.0 Å². The van der Waals surface area contributed by atoms with Crippen LogP contribution in [0.2, 0.25) is 5.02 Å². The lowest BCUT2D eigenvalue weighted by Crippen LogP contribution is -2.15. The van der Waals surface area contributed by atoms with Gasteiger partial charge < -0.3 is 14.6 Å². The minimum absolute atomic E-state index is 0.157. The molecule has 1 N–H and O–H groups in total. The number of methoxy groups -OCH3 is 1. The predicted octanol–water partition coefficient (Wildman–Crippen LogP) is 3.76. The van der Waals surface area contributed by atoms with E-state index in [2.05, 4.69) is 20.5 Å². The number of ether oxygens (including phenoxy) is 1. The summed E-state index contributed by atoms with van der Waals surface area (Å²) in [6.45, 7) is 1.32. The van der Waals surface area contributed by atoms with E-state index < -0.39 is 0 Å². The Morgan fingerprint density at radius 3 is 2.75 bits per heavy atom. The zero-order valence-corrected chi connectivity index (χ0v) is 16.9. The molecule has 0 atom stereocenters. The van der Waals surface area contributed by atoms with Crippen molar-refractivity contribution in [3.63, 3.8) is 0 Å². The zero-order valence-electron chi connectivity index (χ0n) is 15.3. The van der Waals surface area contributed by atoms with E-state index in [0.717, 1.165) is 17.8 Å². The van der Waals surface area contributed by atoms with Crippen molar-refractivity contribution in [2.24, 2.45) is 0 Å². The first kappa shape index (κ1) is 20.3. The van der Waals surface area contributed by atoms with Gasteiger partial charge in [0, 0.05) is 38.2 Å². The molecule has 0 saturated heterocycles. The van der Waals surface area contributed by atoms with Crippen LogP contribution in [-0.4, -0.2) is 45.1 Å². The molecule has 1 aromatic carbocycles. The van der Waals surface area contributed by atoms with E-state index in [1.807, 2.05) is 28.8 Å². The van der Waals surface area contributed by atoms with E-state index in [9.17, 15) is 4.79 Å². The van der Waals surface area contributed by atoms with Crippen molar-refractivity contribution in [3.05, 3.63) is 53.8 Å². The number of rotatable bonds is 9. The van der Waals surface area contributed by atoms with Crippen molar-refractivity contribution in [1.82, 2.24) is 19.7 Å². The number of pyridine rings is 1. The van der Waals surface area contributed by atoms with Gasteiger partial charge in [-0.05, 0) is 30.7 Å². The van der Waals surface area contributed by atoms with Gasteiger partial charge in [0.25, 0.3) is 0 Å². The molecule has 0 aliphatic heterocycles. The third-order valence-corrected chi connectivity index (χ3v) is 5.16. The summed E-state index contributed by atoms with van der Waals surface area (Å²) in [5, 5.41) is 12.6. The number of benzene rings is 1. The van der Waals surface area contributed by atoms with Gasteiger partial charge in [0.2, 0.25) is 5.91 Å². The Labute approximate surface area is 172 Å². The van der Waals surface area contributed by atoms with Crippen LogP contribution in [-0.2, 0) is 16.1 Å². The number of para-hydroxylation sites is 1. The summed E-state index contributed by atoms with van der Waals surface area (Å²) in [4.78, 5) is 16.4. The highest BCUT2D eigenvalue weighted by Crippen LogP contribution is 2.25. The fraction of sp³-hybridized carbons (Fsp3) is 0.263. The van der Waals surface area contributed by atoms with Gasteiger partial charge in [0.1, 0.15) is 0 Å². The van der Waals surface area contributed by atoms with Crippen LogP contribution in [0.25, 0.3) is 11.4 Å². The number of hydrogen-bond acceptors (Lipinski definition) is 6. The summed E-state index contributed by atoms with van der Waals surface area (Å²) in [6.07, 6.45) is 4.24. The molecule has 2 heterocycles. The lowest BCUT2D eigenvalue weighted by molar-refractivity contribution is -0.113. The van der Waals surface area contributed by atoms with Crippen molar-refractivity contribution < 1.29 is 9.53 Å². The molecule has 28 heavy (non-hydrogen) atoms. The largest absolute Gasteiger partial charge is 0.385 e. The molecule has 0 fully saturated rings. The summed E-state index contributed by atoms with van der Waals surface area (Å²) in [7, 11) is 1.67. The summed E-state index contributed by atoms with van der Waals surface area (Å²) in [5.74, 6) is 0.784. The van der Waals surface area contributed by atoms with Gasteiger partial charge in [-0.2, -0.15) is 0 Å². The minimum atomic E-state index is -0.157. The SMILES string of the molecule is COCCCn1c(SCC(=O)Nc2ccccc2Cl)nnc1-c1ccncc1. The average molecular weight is 418 g/mol. The molecule has 0 unspecified atom stereocenters. The molecule has 1 amide bonds. The fourth-order valence-corrected chi connectivity index (χ4v) is 3.51. The minimum Gasteiger partial charge on any atom is -0.385 e. The Balaban J connectivity index is 1.71. The summed E-state index contributed by atoms with van der Waals surface area (Å²) >= 11 is 7.42. The van der Waals surface area contributed by atoms with E-state index in [1.54, 1.807) is 31.6 Å². The molecular weight excluding hydrogens is 398 g/mol. The predicted molar refractivity (Wildman–Crippen MR) is 111 cm³/mol. The van der Waals surface area contributed by atoms with Crippen LogP contribution in [0.3, 0.4) is 0 Å². The molecule has 0 spiro atoms. The quantitative estimate of drug-likeness (QED) is 0.421. The van der Waals surface area contributed by atoms with Crippen molar-refractivity contribution >= 4 is 35.0 Å². The molecule has 0 aliphatic carbocycles. The highest BCUT2D eigenvalue weighted by atomic mass is 35.5. The molecule has 9 heteroatoms. The monoisotopic (exact) mass is 417 g/mol. The van der Waals surface area contributed by atoms with Crippen LogP contribution in [0, 0.1) is 0 Å². The van der Waals surface area contributed by atoms with Gasteiger partial charge >= 0.3 is 0 Å². The Kier molecular flexibility index (Phi) is 7.41. The van der Waals surface area contributed by atoms with Gasteiger partial charge in [-0.25, -0.2) is 0 Å². The molecule has 3 aromatic rings. The number of halogens is 1. The zero-order chi connectivity index (χ0) is 19.8. The number of anilines is 1. The molecule has 146 valence electrons. The first-order valence-electron chi connectivity index (χ1n) is 8.68. The Hall–Kier alpha value is -2.42. The van der Waals surface area contributed by atoms with Gasteiger partial charge in [-0.15, -0.1) is 10.2 Å². The first-order valence-corrected chi connectivity index (χ1v) is 10.0. The van der Waals surface area contributed by atoms with Crippen LogP contribution in [0.1, 0.15) is 6.42 Å². The Morgan fingerprint density at radius 2 is 2.00 bits per heavy atom. The van der Waals surface area contributed by atoms with Crippen LogP contribution < -0.4 is 5.32 Å². The Bertz CT molecular complexity index is 920. The number of nitrogens with zero attached hydrogens (tertiary/aromatic N) is 4. The van der Waals surface area contributed by atoms with Crippen LogP contribution >= 0.6 is 23.4 Å². The summed E-state index contributed by atoms with van der Waals surface area (Å²) < 4.78 is 7.16. The number of carbonyl (C=O) groups is 1. The van der Waals surface area contributed by atoms with Gasteiger partial charge in [-0.3, -0.25) is 9.78 Å². The molecule has 0 saturated carbocycles. The summed E-state index contributed by atoms with van der Waals surface area (Å²) in [5.41, 5.74) is 1.51. The lowest BCUT2D eigenvalue weighted by atomic mass is 10.2. The normalized spacial score (nSPS) is 10.8. The van der Waals surface area contributed by atoms with E-state index in [-0.39, 0.29) is 11.7 Å². The molecule has 0 radical (unpaired) electrons. The van der Waals surface area contributed by atoms with Gasteiger partial charge in [-0.1, -0.05) is 35.5 Å². The van der Waals surface area contributed by atoms with Crippen LogP contribution in [0.5, 0.6) is 0 Å². The van der Waals surface area contributed by atoms with E-state index >= 15 is 0 Å². The summed E-state index contributed by atoms with van der Waals surface area (Å²) in [6, 6.07) is 10.9. The topological polar surface area (TPSA) is 81.9 Å². The first-order chi connectivity index (χ1) is 13.7. The number of amides is 1. The van der Waals surface area contributed by atoms with Gasteiger partial charge in [0.15, 0.2) is 11.0 Å². The maximum Gasteiger partial charge on any atom is 0.234 e. The molecule has 2 aromatic heterocycles. The fourth-order valence-electron chi connectivity index (χ4n) is 2.56. The van der Waals surface area contributed by atoms with Crippen molar-refractivity contribution in [2.75, 3.05) is 24.8 Å². The average Bonchev–Trinajstić information content (AvgIpc) is 3.12. The second kappa shape index (κ2) is 10.2. The second-order valence-electron chi connectivity index (χ2n) is 5.86.